The van der Waals surface area contributed by atoms with Gasteiger partial charge in [-0.2, -0.15) is 0 Å². The molecular weight excluding hydrogens is 232 g/mol. The van der Waals surface area contributed by atoms with Gasteiger partial charge in [0.25, 0.3) is 0 Å². The molecule has 2 heterocycles. The Morgan fingerprint density at radius 1 is 1.41 bits per heavy atom. The van der Waals surface area contributed by atoms with Crippen LogP contribution in [0.5, 0.6) is 0 Å². The predicted molar refractivity (Wildman–Crippen MR) is 71.3 cm³/mol. The van der Waals surface area contributed by atoms with Crippen molar-refractivity contribution >= 4 is 17.3 Å². The number of nitrogens with zero attached hydrogens (tertiary/aromatic N) is 3. The van der Waals surface area contributed by atoms with E-state index in [-0.39, 0.29) is 0 Å². The number of thiazole rings is 1. The number of hydrogen-bond acceptors (Lipinski definition) is 4. The van der Waals surface area contributed by atoms with Crippen LogP contribution in [0, 0.1) is 6.92 Å². The quantitative estimate of drug-likeness (QED) is 0.856. The van der Waals surface area contributed by atoms with Crippen LogP contribution >= 0.6 is 11.3 Å². The van der Waals surface area contributed by atoms with Crippen molar-refractivity contribution in [1.29, 1.82) is 0 Å². The molecule has 0 radical (unpaired) electrons. The Kier molecular flexibility index (Phi) is 4.14. The van der Waals surface area contributed by atoms with Gasteiger partial charge in [0.2, 0.25) is 5.95 Å². The van der Waals surface area contributed by atoms with E-state index in [0.717, 1.165) is 24.0 Å². The summed E-state index contributed by atoms with van der Waals surface area (Å²) in [4.78, 5) is 9.81. The summed E-state index contributed by atoms with van der Waals surface area (Å²) in [7, 11) is 0. The van der Waals surface area contributed by atoms with E-state index in [9.17, 15) is 0 Å². The second-order valence-corrected chi connectivity index (χ2v) is 5.32. The molecular formula is C12H18N4S. The maximum absolute atomic E-state index is 4.33. The molecule has 4 nitrogen and oxygen atoms in total. The van der Waals surface area contributed by atoms with Gasteiger partial charge in [0.15, 0.2) is 0 Å². The fourth-order valence-corrected chi connectivity index (χ4v) is 2.37. The number of hydrogen-bond donors (Lipinski definition) is 1. The molecule has 92 valence electrons. The van der Waals surface area contributed by atoms with E-state index >= 15 is 0 Å². The highest BCUT2D eigenvalue weighted by molar-refractivity contribution is 7.11. The fraction of sp³-hybridized carbons (Fsp3) is 0.500. The molecule has 2 aromatic rings. The highest BCUT2D eigenvalue weighted by Crippen LogP contribution is 2.14. The molecule has 0 bridgehead atoms. The van der Waals surface area contributed by atoms with Gasteiger partial charge in [-0.1, -0.05) is 13.3 Å². The van der Waals surface area contributed by atoms with Crippen molar-refractivity contribution in [3.63, 3.8) is 0 Å². The summed E-state index contributed by atoms with van der Waals surface area (Å²) in [5, 5.41) is 4.46. The van der Waals surface area contributed by atoms with E-state index in [1.54, 1.807) is 11.3 Å². The third-order valence-electron chi connectivity index (χ3n) is 2.56. The smallest absolute Gasteiger partial charge is 0.203 e. The minimum atomic E-state index is 0.800. The molecule has 17 heavy (non-hydrogen) atoms. The second-order valence-electron chi connectivity index (χ2n) is 4.00. The largest absolute Gasteiger partial charge is 0.351 e. The molecule has 0 fully saturated rings. The van der Waals surface area contributed by atoms with E-state index < -0.39 is 0 Å². The summed E-state index contributed by atoms with van der Waals surface area (Å²) < 4.78 is 2.16. The minimum absolute atomic E-state index is 0.800. The first kappa shape index (κ1) is 12.1. The minimum Gasteiger partial charge on any atom is -0.351 e. The molecule has 0 atom stereocenters. The van der Waals surface area contributed by atoms with Gasteiger partial charge in [0.05, 0.1) is 11.6 Å². The summed E-state index contributed by atoms with van der Waals surface area (Å²) in [5.41, 5.74) is 0. The van der Waals surface area contributed by atoms with Gasteiger partial charge in [0.1, 0.15) is 0 Å². The van der Waals surface area contributed by atoms with Gasteiger partial charge in [-0.15, -0.1) is 11.3 Å². The molecule has 5 heteroatoms. The Hall–Kier alpha value is -1.36. The summed E-state index contributed by atoms with van der Waals surface area (Å²) in [6, 6.07) is 0. The molecule has 0 spiro atoms. The van der Waals surface area contributed by atoms with Crippen LogP contribution in [0.3, 0.4) is 0 Å². The van der Waals surface area contributed by atoms with Gasteiger partial charge >= 0.3 is 0 Å². The van der Waals surface area contributed by atoms with Gasteiger partial charge in [-0.05, 0) is 13.3 Å². The zero-order valence-electron chi connectivity index (χ0n) is 10.3. The second kappa shape index (κ2) is 5.82. The molecule has 1 N–H and O–H groups in total. The molecule has 2 rings (SSSR count). The SMILES string of the molecule is CCCCn1ccnc1NCc1cnc(C)s1. The molecule has 2 aromatic heterocycles. The topological polar surface area (TPSA) is 42.7 Å². The van der Waals surface area contributed by atoms with Gasteiger partial charge in [-0.25, -0.2) is 9.97 Å². The van der Waals surface area contributed by atoms with Crippen LogP contribution in [-0.4, -0.2) is 14.5 Å². The van der Waals surface area contributed by atoms with Crippen LogP contribution in [0.2, 0.25) is 0 Å². The standard InChI is InChI=1S/C12H18N4S/c1-3-4-6-16-7-5-13-12(16)15-9-11-8-14-10(2)17-11/h5,7-8H,3-4,6,9H2,1-2H3,(H,13,15). The highest BCUT2D eigenvalue weighted by Gasteiger charge is 2.03. The zero-order chi connectivity index (χ0) is 12.1. The van der Waals surface area contributed by atoms with Gasteiger partial charge in [-0.3, -0.25) is 0 Å². The lowest BCUT2D eigenvalue weighted by molar-refractivity contribution is 0.635. The van der Waals surface area contributed by atoms with Crippen molar-refractivity contribution in [2.24, 2.45) is 0 Å². The van der Waals surface area contributed by atoms with Crippen LogP contribution in [0.1, 0.15) is 29.7 Å². The molecule has 0 saturated carbocycles. The first-order chi connectivity index (χ1) is 8.29. The molecule has 0 unspecified atom stereocenters. The monoisotopic (exact) mass is 250 g/mol. The van der Waals surface area contributed by atoms with E-state index in [4.69, 9.17) is 0 Å². The average molecular weight is 250 g/mol. The first-order valence-electron chi connectivity index (χ1n) is 5.96. The summed E-state index contributed by atoms with van der Waals surface area (Å²) in [6.45, 7) is 6.05. The van der Waals surface area contributed by atoms with Gasteiger partial charge in [0, 0.05) is 30.0 Å². The van der Waals surface area contributed by atoms with Crippen molar-refractivity contribution < 1.29 is 0 Å². The third kappa shape index (κ3) is 3.30. The fourth-order valence-electron chi connectivity index (χ4n) is 1.64. The van der Waals surface area contributed by atoms with Crippen LogP contribution < -0.4 is 5.32 Å². The van der Waals surface area contributed by atoms with Crippen molar-refractivity contribution in [2.45, 2.75) is 39.8 Å². The Bertz CT molecular complexity index is 461. The summed E-state index contributed by atoms with van der Waals surface area (Å²) >= 11 is 1.72. The number of imidazole rings is 1. The van der Waals surface area contributed by atoms with E-state index in [1.165, 1.54) is 17.7 Å². The molecule has 0 saturated heterocycles. The van der Waals surface area contributed by atoms with Gasteiger partial charge < -0.3 is 9.88 Å². The molecule has 0 aliphatic rings. The molecule has 0 amide bonds. The Labute approximate surface area is 106 Å². The third-order valence-corrected chi connectivity index (χ3v) is 3.47. The van der Waals surface area contributed by atoms with Crippen LogP contribution in [-0.2, 0) is 13.1 Å². The van der Waals surface area contributed by atoms with E-state index in [2.05, 4.69) is 26.8 Å². The summed E-state index contributed by atoms with van der Waals surface area (Å²) in [5.74, 6) is 0.949. The number of unbranched alkanes of at least 4 members (excludes halogenated alkanes) is 1. The lowest BCUT2D eigenvalue weighted by Crippen LogP contribution is -2.06. The highest BCUT2D eigenvalue weighted by atomic mass is 32.1. The summed E-state index contributed by atoms with van der Waals surface area (Å²) in [6.07, 6.45) is 8.18. The van der Waals surface area contributed by atoms with Crippen LogP contribution in [0.15, 0.2) is 18.6 Å². The predicted octanol–water partition coefficient (Wildman–Crippen LogP) is 3.06. The average Bonchev–Trinajstić information content (AvgIpc) is 2.92. The number of aromatic nitrogens is 3. The molecule has 0 aliphatic heterocycles. The Balaban J connectivity index is 1.92. The lowest BCUT2D eigenvalue weighted by atomic mass is 10.3. The normalized spacial score (nSPS) is 10.7. The maximum atomic E-state index is 4.33. The number of anilines is 1. The molecule has 0 aliphatic carbocycles. The molecule has 0 aromatic carbocycles. The number of aryl methyl sites for hydroxylation is 2. The van der Waals surface area contributed by atoms with Crippen molar-refractivity contribution in [1.82, 2.24) is 14.5 Å². The Morgan fingerprint density at radius 3 is 3.00 bits per heavy atom. The van der Waals surface area contributed by atoms with E-state index in [0.29, 0.717) is 0 Å². The van der Waals surface area contributed by atoms with Crippen molar-refractivity contribution in [3.05, 3.63) is 28.5 Å². The van der Waals surface area contributed by atoms with Crippen LogP contribution in [0.4, 0.5) is 5.95 Å². The van der Waals surface area contributed by atoms with E-state index in [1.807, 2.05) is 25.5 Å². The van der Waals surface area contributed by atoms with Crippen molar-refractivity contribution in [2.75, 3.05) is 5.32 Å². The zero-order valence-corrected chi connectivity index (χ0v) is 11.1. The first-order valence-corrected chi connectivity index (χ1v) is 6.77. The number of nitrogens with one attached hydrogen (secondary N) is 1. The Morgan fingerprint density at radius 2 is 2.29 bits per heavy atom. The maximum Gasteiger partial charge on any atom is 0.203 e. The van der Waals surface area contributed by atoms with Crippen molar-refractivity contribution in [3.8, 4) is 0 Å². The number of rotatable bonds is 6. The van der Waals surface area contributed by atoms with Crippen LogP contribution in [0.25, 0.3) is 0 Å². The lowest BCUT2D eigenvalue weighted by Gasteiger charge is -2.08.